The fourth-order valence-electron chi connectivity index (χ4n) is 1.81. The van der Waals surface area contributed by atoms with Crippen molar-refractivity contribution in [1.82, 2.24) is 4.90 Å². The monoisotopic (exact) mass is 393 g/mol. The Morgan fingerprint density at radius 2 is 1.13 bits per heavy atom. The third-order valence-electron chi connectivity index (χ3n) is 1.97. The van der Waals surface area contributed by atoms with Gasteiger partial charge in [0.05, 0.1) is 0 Å². The fraction of sp³-hybridized carbons (Fsp3) is 1.00. The van der Waals surface area contributed by atoms with Gasteiger partial charge < -0.3 is 39.7 Å². The molecule has 0 amide bonds. The van der Waals surface area contributed by atoms with Crippen LogP contribution in [0.4, 0.5) is 0 Å². The van der Waals surface area contributed by atoms with Crippen molar-refractivity contribution in [3.63, 3.8) is 0 Å². The molecule has 0 unspecified atom stereocenters. The van der Waals surface area contributed by atoms with Crippen LogP contribution < -0.4 is 39.7 Å². The molecule has 0 bridgehead atoms. The Hall–Kier alpha value is 1.40. The summed E-state index contributed by atoms with van der Waals surface area (Å²) in [5.74, 6) is 0. The first-order valence-corrected chi connectivity index (χ1v) is 4.67. The summed E-state index contributed by atoms with van der Waals surface area (Å²) in [5.41, 5.74) is 5.99. The van der Waals surface area contributed by atoms with E-state index in [9.17, 15) is 0 Å². The molecule has 99 valence electrons. The maximum atomic E-state index is 5.58. The van der Waals surface area contributed by atoms with E-state index in [1.807, 2.05) is 0 Å². The Labute approximate surface area is 127 Å². The van der Waals surface area contributed by atoms with Gasteiger partial charge in [0.1, 0.15) is 0 Å². The van der Waals surface area contributed by atoms with Crippen LogP contribution in [-0.2, 0) is 17.1 Å². The molecule has 1 radical (unpaired) electrons. The largest absolute Gasteiger partial charge is 2.00 e. The van der Waals surface area contributed by atoms with E-state index in [0.717, 1.165) is 13.1 Å². The van der Waals surface area contributed by atoms with Crippen LogP contribution >= 0.6 is 0 Å². The van der Waals surface area contributed by atoms with Crippen molar-refractivity contribution in [2.75, 3.05) is 13.1 Å². The summed E-state index contributed by atoms with van der Waals surface area (Å²) in [7, 11) is 0. The fourth-order valence-corrected chi connectivity index (χ4v) is 1.81. The summed E-state index contributed by atoms with van der Waals surface area (Å²) in [4.78, 5) is 2.43. The molecule has 0 atom stereocenters. The minimum atomic E-state index is 0. The van der Waals surface area contributed by atoms with Crippen LogP contribution in [0.1, 0.15) is 41.5 Å². The predicted octanol–water partition coefficient (Wildman–Crippen LogP) is -4.15. The van der Waals surface area contributed by atoms with Crippen molar-refractivity contribution in [1.29, 1.82) is 0 Å². The normalized spacial score (nSPS) is 11.2. The number of rotatable bonds is 2. The third kappa shape index (κ3) is 10.3. The van der Waals surface area contributed by atoms with Gasteiger partial charge in [-0.2, -0.15) is 0 Å². The Morgan fingerprint density at radius 3 is 1.20 bits per heavy atom. The molecule has 2 nitrogen and oxygen atoms in total. The van der Waals surface area contributed by atoms with Crippen molar-refractivity contribution in [2.45, 2.75) is 52.6 Å². The predicted molar refractivity (Wildman–Crippen MR) is 55.3 cm³/mol. The molecule has 0 fully saturated rings. The first-order valence-electron chi connectivity index (χ1n) is 4.67. The molecule has 0 aromatic carbocycles. The second-order valence-corrected chi connectivity index (χ2v) is 5.28. The first kappa shape index (κ1) is 25.3. The molecule has 0 spiro atoms. The molecule has 0 aromatic heterocycles. The van der Waals surface area contributed by atoms with Crippen LogP contribution in [0.3, 0.4) is 0 Å². The summed E-state index contributed by atoms with van der Waals surface area (Å²) in [6.45, 7) is 15.1. The molecule has 0 saturated carbocycles. The van der Waals surface area contributed by atoms with Gasteiger partial charge in [-0.15, -0.1) is 0 Å². The maximum Gasteiger partial charge on any atom is 2.00 e. The molecule has 0 aliphatic rings. The van der Waals surface area contributed by atoms with Gasteiger partial charge in [0.15, 0.2) is 0 Å². The van der Waals surface area contributed by atoms with Gasteiger partial charge in [-0.05, 0) is 41.5 Å². The summed E-state index contributed by atoms with van der Waals surface area (Å²) < 4.78 is 0. The number of hydrogen-bond donors (Lipinski definition) is 1. The molecule has 0 aliphatic heterocycles. The maximum absolute atomic E-state index is 5.58. The van der Waals surface area contributed by atoms with Crippen LogP contribution in [0.25, 0.3) is 0 Å². The van der Waals surface area contributed by atoms with Crippen LogP contribution in [0.15, 0.2) is 0 Å². The molecule has 0 saturated heterocycles. The van der Waals surface area contributed by atoms with Crippen molar-refractivity contribution >= 4 is 0 Å². The molecular formula is C10H24Br2CuN2. The van der Waals surface area contributed by atoms with Crippen molar-refractivity contribution in [3.05, 3.63) is 0 Å². The van der Waals surface area contributed by atoms with E-state index >= 15 is 0 Å². The zero-order valence-corrected chi connectivity index (χ0v) is 14.6. The third-order valence-corrected chi connectivity index (χ3v) is 1.97. The average Bonchev–Trinajstić information content (AvgIpc) is 1.77. The molecule has 5 heteroatoms. The van der Waals surface area contributed by atoms with E-state index in [2.05, 4.69) is 46.4 Å². The Bertz CT molecular complexity index is 127. The van der Waals surface area contributed by atoms with Gasteiger partial charge in [-0.25, -0.2) is 0 Å². The van der Waals surface area contributed by atoms with Gasteiger partial charge in [-0.3, -0.25) is 4.90 Å². The summed E-state index contributed by atoms with van der Waals surface area (Å²) in [5, 5.41) is 0. The number of nitrogens with two attached hydrogens (primary N) is 1. The van der Waals surface area contributed by atoms with Gasteiger partial charge in [0.25, 0.3) is 0 Å². The van der Waals surface area contributed by atoms with E-state index in [4.69, 9.17) is 5.73 Å². The van der Waals surface area contributed by atoms with Gasteiger partial charge >= 0.3 is 17.1 Å². The van der Waals surface area contributed by atoms with E-state index in [1.165, 1.54) is 0 Å². The molecule has 2 N–H and O–H groups in total. The van der Waals surface area contributed by atoms with E-state index in [0.29, 0.717) is 0 Å². The second-order valence-electron chi connectivity index (χ2n) is 5.28. The van der Waals surface area contributed by atoms with Gasteiger partial charge in [-0.1, -0.05) is 0 Å². The average molecular weight is 396 g/mol. The molecule has 0 heterocycles. The van der Waals surface area contributed by atoms with E-state index in [1.54, 1.807) is 0 Å². The molecule has 15 heavy (non-hydrogen) atoms. The van der Waals surface area contributed by atoms with E-state index in [-0.39, 0.29) is 62.1 Å². The van der Waals surface area contributed by atoms with E-state index < -0.39 is 0 Å². The first-order chi connectivity index (χ1) is 5.19. The van der Waals surface area contributed by atoms with Gasteiger partial charge in [0, 0.05) is 24.2 Å². The van der Waals surface area contributed by atoms with Crippen LogP contribution in [0.2, 0.25) is 0 Å². The molecule has 0 aliphatic carbocycles. The standard InChI is InChI=1S/C10H24N2.2BrH.Cu/c1-9(2,3)12(8-7-11)10(4,5)6;;;/h7-8,11H2,1-6H3;2*1H;/q;;;+2/p-2. The van der Waals surface area contributed by atoms with Crippen molar-refractivity contribution in [3.8, 4) is 0 Å². The summed E-state index contributed by atoms with van der Waals surface area (Å²) >= 11 is 0. The van der Waals surface area contributed by atoms with Gasteiger partial charge in [0.2, 0.25) is 0 Å². The Morgan fingerprint density at radius 1 is 0.867 bits per heavy atom. The van der Waals surface area contributed by atoms with Crippen LogP contribution in [0.5, 0.6) is 0 Å². The Balaban J connectivity index is -0.000000202. The van der Waals surface area contributed by atoms with Crippen LogP contribution in [0, 0.1) is 0 Å². The molecular weight excluding hydrogens is 371 g/mol. The SMILES string of the molecule is CC(C)(C)N(CCN)C(C)(C)C.[Br-].[Br-].[Cu+2]. The molecule has 0 rings (SSSR count). The zero-order chi connectivity index (χ0) is 9.99. The number of hydrogen-bond acceptors (Lipinski definition) is 2. The van der Waals surface area contributed by atoms with Crippen molar-refractivity contribution in [2.24, 2.45) is 5.73 Å². The number of halogens is 2. The zero-order valence-electron chi connectivity index (χ0n) is 10.5. The topological polar surface area (TPSA) is 29.3 Å². The van der Waals surface area contributed by atoms with Crippen LogP contribution in [-0.4, -0.2) is 29.1 Å². The summed E-state index contributed by atoms with van der Waals surface area (Å²) in [6, 6.07) is 0. The second kappa shape index (κ2) is 9.43. The quantitative estimate of drug-likeness (QED) is 0.481. The smallest absolute Gasteiger partial charge is 1.00 e. The molecule has 0 aromatic rings. The Kier molecular flexibility index (Phi) is 15.9. The minimum Gasteiger partial charge on any atom is -1.00 e. The number of nitrogens with zero attached hydrogens (tertiary/aromatic N) is 1. The minimum absolute atomic E-state index is 0. The van der Waals surface area contributed by atoms with Crippen molar-refractivity contribution < 1.29 is 51.0 Å². The summed E-state index contributed by atoms with van der Waals surface area (Å²) in [6.07, 6.45) is 0.